The van der Waals surface area contributed by atoms with E-state index in [1.54, 1.807) is 42.1 Å². The number of rotatable bonds is 6. The second-order valence-corrected chi connectivity index (χ2v) is 8.87. The number of aromatic nitrogens is 4. The van der Waals surface area contributed by atoms with Crippen molar-refractivity contribution in [1.29, 1.82) is 5.26 Å². The lowest BCUT2D eigenvalue weighted by molar-refractivity contribution is 0.101. The highest BCUT2D eigenvalue weighted by atomic mass is 16.5. The van der Waals surface area contributed by atoms with Crippen LogP contribution in [-0.2, 0) is 7.05 Å². The topological polar surface area (TPSA) is 106 Å². The van der Waals surface area contributed by atoms with Crippen LogP contribution in [0.3, 0.4) is 0 Å². The Morgan fingerprint density at radius 1 is 0.973 bits per heavy atom. The summed E-state index contributed by atoms with van der Waals surface area (Å²) in [5, 5.41) is 12.2. The second-order valence-electron chi connectivity index (χ2n) is 8.87. The predicted molar refractivity (Wildman–Crippen MR) is 142 cm³/mol. The van der Waals surface area contributed by atoms with Gasteiger partial charge in [0.15, 0.2) is 16.9 Å². The second kappa shape index (κ2) is 9.55. The van der Waals surface area contributed by atoms with Gasteiger partial charge in [-0.05, 0) is 79.4 Å². The van der Waals surface area contributed by atoms with E-state index in [0.717, 1.165) is 27.9 Å². The van der Waals surface area contributed by atoms with E-state index in [4.69, 9.17) is 10.00 Å². The minimum absolute atomic E-state index is 0.0430. The number of benzene rings is 3. The van der Waals surface area contributed by atoms with Crippen molar-refractivity contribution >= 4 is 28.6 Å². The van der Waals surface area contributed by atoms with E-state index in [1.165, 1.54) is 0 Å². The van der Waals surface area contributed by atoms with Gasteiger partial charge in [-0.2, -0.15) is 15.2 Å². The maximum atomic E-state index is 11.6. The first-order valence-electron chi connectivity index (χ1n) is 11.7. The van der Waals surface area contributed by atoms with Crippen LogP contribution in [0.15, 0.2) is 67.0 Å². The molecule has 0 atom stereocenters. The summed E-state index contributed by atoms with van der Waals surface area (Å²) in [4.78, 5) is 25.3. The molecule has 8 heteroatoms. The predicted octanol–water partition coefficient (Wildman–Crippen LogP) is 6.26. The molecule has 0 aliphatic rings. The first-order chi connectivity index (χ1) is 17.8. The SMILES string of the molecule is CC(=O)c1ccc(-c2cc(C)c(Oc3nc(Nc4ccc(C#N)cc4)nc4c3ncn4C)c(C)c2)cc1. The molecule has 8 nitrogen and oxygen atoms in total. The molecule has 0 saturated carbocycles. The minimum atomic E-state index is 0.0430. The van der Waals surface area contributed by atoms with Crippen LogP contribution in [0.4, 0.5) is 11.6 Å². The minimum Gasteiger partial charge on any atom is -0.436 e. The van der Waals surface area contributed by atoms with Crippen molar-refractivity contribution in [3.8, 4) is 28.8 Å². The summed E-state index contributed by atoms with van der Waals surface area (Å²) in [6.45, 7) is 5.54. The zero-order valence-corrected chi connectivity index (χ0v) is 20.9. The van der Waals surface area contributed by atoms with Gasteiger partial charge in [0.25, 0.3) is 5.88 Å². The lowest BCUT2D eigenvalue weighted by Crippen LogP contribution is -2.02. The van der Waals surface area contributed by atoms with E-state index in [1.807, 2.05) is 45.2 Å². The van der Waals surface area contributed by atoms with Crippen LogP contribution in [0.2, 0.25) is 0 Å². The summed E-state index contributed by atoms with van der Waals surface area (Å²) in [6, 6.07) is 20.9. The third kappa shape index (κ3) is 4.75. The molecule has 0 aliphatic heterocycles. The molecule has 5 aromatic rings. The maximum absolute atomic E-state index is 11.6. The summed E-state index contributed by atoms with van der Waals surface area (Å²) in [6.07, 6.45) is 1.67. The van der Waals surface area contributed by atoms with E-state index in [2.05, 4.69) is 38.5 Å². The van der Waals surface area contributed by atoms with Crippen LogP contribution in [0.5, 0.6) is 11.6 Å². The normalized spacial score (nSPS) is 10.8. The summed E-state index contributed by atoms with van der Waals surface area (Å²) < 4.78 is 8.18. The largest absolute Gasteiger partial charge is 0.436 e. The van der Waals surface area contributed by atoms with Gasteiger partial charge in [0.2, 0.25) is 5.95 Å². The first-order valence-corrected chi connectivity index (χ1v) is 11.7. The Morgan fingerprint density at radius 2 is 1.65 bits per heavy atom. The van der Waals surface area contributed by atoms with Crippen LogP contribution in [-0.4, -0.2) is 25.3 Å². The number of aryl methyl sites for hydroxylation is 3. The number of imidazole rings is 1. The molecule has 0 unspecified atom stereocenters. The van der Waals surface area contributed by atoms with Crippen LogP contribution in [0.25, 0.3) is 22.3 Å². The molecule has 2 aromatic heterocycles. The van der Waals surface area contributed by atoms with Gasteiger partial charge in [-0.1, -0.05) is 24.3 Å². The van der Waals surface area contributed by atoms with Gasteiger partial charge in [-0.15, -0.1) is 0 Å². The monoisotopic (exact) mass is 488 g/mol. The number of fused-ring (bicyclic) bond motifs is 1. The average Bonchev–Trinajstić information content (AvgIpc) is 3.27. The molecular weight excluding hydrogens is 464 g/mol. The fourth-order valence-corrected chi connectivity index (χ4v) is 4.14. The molecule has 0 aliphatic carbocycles. The van der Waals surface area contributed by atoms with Gasteiger partial charge in [-0.3, -0.25) is 4.79 Å². The van der Waals surface area contributed by atoms with Gasteiger partial charge in [0.05, 0.1) is 18.0 Å². The Bertz CT molecular complexity index is 1660. The first kappa shape index (κ1) is 23.7. The zero-order valence-electron chi connectivity index (χ0n) is 20.9. The van der Waals surface area contributed by atoms with Gasteiger partial charge >= 0.3 is 0 Å². The van der Waals surface area contributed by atoms with E-state index in [-0.39, 0.29) is 5.78 Å². The number of anilines is 2. The number of carbonyl (C=O) groups is 1. The fraction of sp³-hybridized carbons (Fsp3) is 0.138. The summed E-state index contributed by atoms with van der Waals surface area (Å²) >= 11 is 0. The molecule has 1 N–H and O–H groups in total. The number of hydrogen-bond acceptors (Lipinski definition) is 7. The third-order valence-corrected chi connectivity index (χ3v) is 6.08. The number of Topliss-reactive ketones (excluding diaryl/α,β-unsaturated/α-hetero) is 1. The smallest absolute Gasteiger partial charge is 0.252 e. The number of carbonyl (C=O) groups excluding carboxylic acids is 1. The van der Waals surface area contributed by atoms with Crippen molar-refractivity contribution in [3.05, 3.63) is 89.2 Å². The standard InChI is InChI=1S/C29H24N6O2/c1-17-13-23(22-9-7-21(8-10-22)19(3)36)14-18(2)26(17)37-28-25-27(35(4)16-31-25)33-29(34-28)32-24-11-5-20(15-30)6-12-24/h5-14,16H,1-4H3,(H,32,33,34). The van der Waals surface area contributed by atoms with Gasteiger partial charge in [0, 0.05) is 18.3 Å². The molecule has 2 heterocycles. The summed E-state index contributed by atoms with van der Waals surface area (Å²) in [7, 11) is 1.86. The molecular formula is C29H24N6O2. The lowest BCUT2D eigenvalue weighted by atomic mass is 9.98. The molecule has 0 radical (unpaired) electrons. The zero-order chi connectivity index (χ0) is 26.1. The Morgan fingerprint density at radius 3 is 2.27 bits per heavy atom. The highest BCUT2D eigenvalue weighted by Crippen LogP contribution is 2.35. The van der Waals surface area contributed by atoms with E-state index >= 15 is 0 Å². The highest BCUT2D eigenvalue weighted by Gasteiger charge is 2.17. The molecule has 5 rings (SSSR count). The van der Waals surface area contributed by atoms with Crippen LogP contribution in [0.1, 0.15) is 34.0 Å². The van der Waals surface area contributed by atoms with E-state index < -0.39 is 0 Å². The third-order valence-electron chi connectivity index (χ3n) is 6.08. The van der Waals surface area contributed by atoms with Crippen molar-refractivity contribution in [2.75, 3.05) is 5.32 Å². The van der Waals surface area contributed by atoms with Gasteiger partial charge < -0.3 is 14.6 Å². The Hall–Kier alpha value is -5.03. The Labute approximate surface area is 214 Å². The van der Waals surface area contributed by atoms with Gasteiger partial charge in [-0.25, -0.2) is 4.98 Å². The highest BCUT2D eigenvalue weighted by molar-refractivity contribution is 5.94. The summed E-state index contributed by atoms with van der Waals surface area (Å²) in [5.74, 6) is 1.43. The van der Waals surface area contributed by atoms with Crippen molar-refractivity contribution in [3.63, 3.8) is 0 Å². The summed E-state index contributed by atoms with van der Waals surface area (Å²) in [5.41, 5.74) is 7.11. The number of nitriles is 1. The van der Waals surface area contributed by atoms with Crippen molar-refractivity contribution in [2.45, 2.75) is 20.8 Å². The van der Waals surface area contributed by atoms with E-state index in [0.29, 0.717) is 39.9 Å². The lowest BCUT2D eigenvalue weighted by Gasteiger charge is -2.15. The Kier molecular flexibility index (Phi) is 6.12. The van der Waals surface area contributed by atoms with Crippen LogP contribution >= 0.6 is 0 Å². The van der Waals surface area contributed by atoms with Gasteiger partial charge in [0.1, 0.15) is 5.75 Å². The van der Waals surface area contributed by atoms with Crippen molar-refractivity contribution < 1.29 is 9.53 Å². The number of ketones is 1. The molecule has 3 aromatic carbocycles. The molecule has 0 fully saturated rings. The molecule has 37 heavy (non-hydrogen) atoms. The average molecular weight is 489 g/mol. The number of ether oxygens (including phenoxy) is 1. The Balaban J connectivity index is 1.49. The van der Waals surface area contributed by atoms with Crippen LogP contribution in [0, 0.1) is 25.2 Å². The molecule has 0 saturated heterocycles. The quantitative estimate of drug-likeness (QED) is 0.281. The number of hydrogen-bond donors (Lipinski definition) is 1. The molecule has 0 bridgehead atoms. The van der Waals surface area contributed by atoms with Crippen LogP contribution < -0.4 is 10.1 Å². The number of nitrogens with zero attached hydrogens (tertiary/aromatic N) is 5. The van der Waals surface area contributed by atoms with Crippen molar-refractivity contribution in [1.82, 2.24) is 19.5 Å². The van der Waals surface area contributed by atoms with E-state index in [9.17, 15) is 4.79 Å². The van der Waals surface area contributed by atoms with Crippen molar-refractivity contribution in [2.24, 2.45) is 7.05 Å². The maximum Gasteiger partial charge on any atom is 0.252 e. The molecule has 0 spiro atoms. The number of nitrogens with one attached hydrogen (secondary N) is 1. The fourth-order valence-electron chi connectivity index (χ4n) is 4.14. The molecule has 0 amide bonds. The molecule has 182 valence electrons.